The minimum Gasteiger partial charge on any atom is -0.467 e. The number of carbonyl (C=O) groups excluding carboxylic acids is 1. The first-order valence-corrected chi connectivity index (χ1v) is 11.9. The Morgan fingerprint density at radius 1 is 1.00 bits per heavy atom. The van der Waals surface area contributed by atoms with Crippen molar-refractivity contribution in [2.45, 2.75) is 26.8 Å². The standard InChI is InChI=1S/C27H31N5O2/c1-4-7-24(33)30-14-16-31(17-15-30)26-21-12-13-32(18-22(21)28-27(29-26)34-3)23-11-6-10-20-9-5-8-19(2)25(20)23/h4-11H,12-18H2,1-3H3/b7-4+. The summed E-state index contributed by atoms with van der Waals surface area (Å²) in [6.45, 7) is 8.54. The molecule has 0 bridgehead atoms. The Balaban J connectivity index is 1.44. The van der Waals surface area contributed by atoms with Gasteiger partial charge < -0.3 is 19.4 Å². The summed E-state index contributed by atoms with van der Waals surface area (Å²) >= 11 is 0. The molecule has 1 amide bonds. The summed E-state index contributed by atoms with van der Waals surface area (Å²) < 4.78 is 5.49. The largest absolute Gasteiger partial charge is 0.467 e. The van der Waals surface area contributed by atoms with Gasteiger partial charge in [-0.05, 0) is 43.4 Å². The summed E-state index contributed by atoms with van der Waals surface area (Å²) in [7, 11) is 1.62. The molecule has 0 aliphatic carbocycles. The second kappa shape index (κ2) is 9.33. The van der Waals surface area contributed by atoms with Gasteiger partial charge in [-0.15, -0.1) is 0 Å². The fourth-order valence-electron chi connectivity index (χ4n) is 5.10. The van der Waals surface area contributed by atoms with Crippen molar-refractivity contribution >= 4 is 28.2 Å². The highest BCUT2D eigenvalue weighted by Crippen LogP contribution is 2.35. The van der Waals surface area contributed by atoms with E-state index in [0.29, 0.717) is 25.6 Å². The van der Waals surface area contributed by atoms with Crippen LogP contribution in [-0.2, 0) is 17.8 Å². The molecular formula is C27H31N5O2. The molecule has 0 atom stereocenters. The molecule has 2 aliphatic rings. The number of hydrogen-bond donors (Lipinski definition) is 0. The lowest BCUT2D eigenvalue weighted by molar-refractivity contribution is -0.126. The number of piperazine rings is 1. The molecular weight excluding hydrogens is 426 g/mol. The molecule has 3 aromatic rings. The number of anilines is 2. The third-order valence-corrected chi connectivity index (χ3v) is 6.84. The number of amides is 1. The summed E-state index contributed by atoms with van der Waals surface area (Å²) in [6, 6.07) is 13.4. The molecule has 3 heterocycles. The van der Waals surface area contributed by atoms with Crippen LogP contribution in [0.3, 0.4) is 0 Å². The van der Waals surface area contributed by atoms with Crippen molar-refractivity contribution in [1.29, 1.82) is 0 Å². The summed E-state index contributed by atoms with van der Waals surface area (Å²) in [5, 5.41) is 2.56. The summed E-state index contributed by atoms with van der Waals surface area (Å²) in [5.41, 5.74) is 4.75. The van der Waals surface area contributed by atoms with E-state index in [1.807, 2.05) is 11.8 Å². The van der Waals surface area contributed by atoms with Crippen LogP contribution in [0, 0.1) is 6.92 Å². The van der Waals surface area contributed by atoms with Crippen LogP contribution in [0.1, 0.15) is 23.7 Å². The predicted octanol–water partition coefficient (Wildman–Crippen LogP) is 3.73. The van der Waals surface area contributed by atoms with Crippen molar-refractivity contribution in [3.63, 3.8) is 0 Å². The molecule has 7 nitrogen and oxygen atoms in total. The average molecular weight is 458 g/mol. The zero-order valence-corrected chi connectivity index (χ0v) is 20.1. The highest BCUT2D eigenvalue weighted by atomic mass is 16.5. The lowest BCUT2D eigenvalue weighted by atomic mass is 9.99. The Labute approximate surface area is 200 Å². The van der Waals surface area contributed by atoms with E-state index in [0.717, 1.165) is 37.6 Å². The average Bonchev–Trinajstić information content (AvgIpc) is 2.87. The lowest BCUT2D eigenvalue weighted by Gasteiger charge is -2.38. The molecule has 0 unspecified atom stereocenters. The predicted molar refractivity (Wildman–Crippen MR) is 136 cm³/mol. The van der Waals surface area contributed by atoms with E-state index in [-0.39, 0.29) is 5.91 Å². The molecule has 0 radical (unpaired) electrons. The lowest BCUT2D eigenvalue weighted by Crippen LogP contribution is -2.49. The van der Waals surface area contributed by atoms with Gasteiger partial charge in [0.1, 0.15) is 5.82 Å². The van der Waals surface area contributed by atoms with E-state index in [4.69, 9.17) is 14.7 Å². The Morgan fingerprint density at radius 3 is 2.50 bits per heavy atom. The first kappa shape index (κ1) is 22.2. The monoisotopic (exact) mass is 457 g/mol. The normalized spacial score (nSPS) is 16.3. The third kappa shape index (κ3) is 4.06. The van der Waals surface area contributed by atoms with Gasteiger partial charge in [0.25, 0.3) is 0 Å². The van der Waals surface area contributed by atoms with Gasteiger partial charge in [-0.1, -0.05) is 36.4 Å². The highest BCUT2D eigenvalue weighted by molar-refractivity contribution is 5.97. The molecule has 0 saturated carbocycles. The summed E-state index contributed by atoms with van der Waals surface area (Å²) in [5.74, 6) is 1.03. The maximum atomic E-state index is 12.2. The van der Waals surface area contributed by atoms with Gasteiger partial charge in [-0.3, -0.25) is 4.79 Å². The van der Waals surface area contributed by atoms with Gasteiger partial charge in [0, 0.05) is 49.4 Å². The van der Waals surface area contributed by atoms with E-state index in [2.05, 4.69) is 53.1 Å². The van der Waals surface area contributed by atoms with Crippen LogP contribution in [0.15, 0.2) is 48.6 Å². The van der Waals surface area contributed by atoms with Gasteiger partial charge in [-0.25, -0.2) is 0 Å². The van der Waals surface area contributed by atoms with Crippen LogP contribution in [-0.4, -0.2) is 60.6 Å². The SMILES string of the molecule is C/C=C/C(=O)N1CCN(c2nc(OC)nc3c2CCN(c2cccc4cccc(C)c24)C3)CC1. The summed E-state index contributed by atoms with van der Waals surface area (Å²) in [6.07, 6.45) is 4.30. The number of aromatic nitrogens is 2. The number of ether oxygens (including phenoxy) is 1. The Kier molecular flexibility index (Phi) is 6.09. The number of aryl methyl sites for hydroxylation is 1. The van der Waals surface area contributed by atoms with Crippen molar-refractivity contribution in [3.05, 3.63) is 65.4 Å². The zero-order chi connectivity index (χ0) is 23.7. The molecule has 1 fully saturated rings. The quantitative estimate of drug-likeness (QED) is 0.557. The Morgan fingerprint density at radius 2 is 1.76 bits per heavy atom. The number of rotatable bonds is 4. The van der Waals surface area contributed by atoms with E-state index >= 15 is 0 Å². The van der Waals surface area contributed by atoms with E-state index in [1.165, 1.54) is 27.6 Å². The third-order valence-electron chi connectivity index (χ3n) is 6.84. The number of hydrogen-bond acceptors (Lipinski definition) is 6. The fraction of sp³-hybridized carbons (Fsp3) is 0.370. The van der Waals surface area contributed by atoms with Crippen LogP contribution in [0.25, 0.3) is 10.8 Å². The second-order valence-electron chi connectivity index (χ2n) is 8.89. The maximum Gasteiger partial charge on any atom is 0.318 e. The molecule has 1 saturated heterocycles. The molecule has 0 spiro atoms. The Hall–Kier alpha value is -3.61. The van der Waals surface area contributed by atoms with Gasteiger partial charge >= 0.3 is 6.01 Å². The number of carbonyl (C=O) groups is 1. The van der Waals surface area contributed by atoms with E-state index in [9.17, 15) is 4.79 Å². The number of methoxy groups -OCH3 is 1. The zero-order valence-electron chi connectivity index (χ0n) is 20.1. The van der Waals surface area contributed by atoms with Crippen molar-refractivity contribution < 1.29 is 9.53 Å². The topological polar surface area (TPSA) is 61.8 Å². The number of nitrogens with zero attached hydrogens (tertiary/aromatic N) is 5. The van der Waals surface area contributed by atoms with E-state index < -0.39 is 0 Å². The minimum absolute atomic E-state index is 0.0745. The van der Waals surface area contributed by atoms with Crippen LogP contribution >= 0.6 is 0 Å². The Bertz CT molecular complexity index is 1240. The smallest absolute Gasteiger partial charge is 0.318 e. The maximum absolute atomic E-state index is 12.2. The summed E-state index contributed by atoms with van der Waals surface area (Å²) in [4.78, 5) is 28.3. The number of fused-ring (bicyclic) bond motifs is 2. The van der Waals surface area contributed by atoms with E-state index in [1.54, 1.807) is 19.3 Å². The van der Waals surface area contributed by atoms with Gasteiger partial charge in [0.05, 0.1) is 19.3 Å². The molecule has 5 rings (SSSR count). The van der Waals surface area contributed by atoms with Crippen LogP contribution in [0.4, 0.5) is 11.5 Å². The molecule has 2 aliphatic heterocycles. The molecule has 0 N–H and O–H groups in total. The molecule has 7 heteroatoms. The molecule has 176 valence electrons. The second-order valence-corrected chi connectivity index (χ2v) is 8.89. The van der Waals surface area contributed by atoms with Crippen molar-refractivity contribution in [3.8, 4) is 6.01 Å². The molecule has 2 aromatic carbocycles. The molecule has 1 aromatic heterocycles. The number of allylic oxidation sites excluding steroid dienone is 1. The number of benzene rings is 2. The first-order chi connectivity index (χ1) is 16.6. The van der Waals surface area contributed by atoms with Crippen molar-refractivity contribution in [1.82, 2.24) is 14.9 Å². The minimum atomic E-state index is 0.0745. The van der Waals surface area contributed by atoms with Gasteiger partial charge in [0.2, 0.25) is 5.91 Å². The molecule has 34 heavy (non-hydrogen) atoms. The highest BCUT2D eigenvalue weighted by Gasteiger charge is 2.28. The van der Waals surface area contributed by atoms with Crippen LogP contribution < -0.4 is 14.5 Å². The first-order valence-electron chi connectivity index (χ1n) is 11.9. The van der Waals surface area contributed by atoms with Gasteiger partial charge in [0.15, 0.2) is 0 Å². The van der Waals surface area contributed by atoms with Crippen LogP contribution in [0.5, 0.6) is 6.01 Å². The van der Waals surface area contributed by atoms with Crippen LogP contribution in [0.2, 0.25) is 0 Å². The fourth-order valence-corrected chi connectivity index (χ4v) is 5.10. The van der Waals surface area contributed by atoms with Crippen molar-refractivity contribution in [2.24, 2.45) is 0 Å². The van der Waals surface area contributed by atoms with Crippen molar-refractivity contribution in [2.75, 3.05) is 49.6 Å². The van der Waals surface area contributed by atoms with Gasteiger partial charge in [-0.2, -0.15) is 9.97 Å².